The molecule has 1 saturated carbocycles. The number of pyridine rings is 1. The number of likely N-dealkylation sites (tertiary alicyclic amines) is 1. The lowest BCUT2D eigenvalue weighted by Gasteiger charge is -2.40. The van der Waals surface area contributed by atoms with Crippen molar-refractivity contribution >= 4 is 29.0 Å². The number of rotatable bonds is 6. The van der Waals surface area contributed by atoms with Crippen molar-refractivity contribution in [2.45, 2.75) is 51.6 Å². The highest BCUT2D eigenvalue weighted by Crippen LogP contribution is 2.36. The third-order valence-electron chi connectivity index (χ3n) is 6.66. The monoisotopic (exact) mass is 426 g/mol. The number of aromatic nitrogens is 1. The van der Waals surface area contributed by atoms with Gasteiger partial charge < -0.3 is 15.1 Å². The summed E-state index contributed by atoms with van der Waals surface area (Å²) in [7, 11) is 2.09. The summed E-state index contributed by atoms with van der Waals surface area (Å²) in [5.41, 5.74) is 2.55. The number of anilines is 2. The highest BCUT2D eigenvalue weighted by atomic mass is 35.5. The first kappa shape index (κ1) is 21.1. The van der Waals surface area contributed by atoms with Crippen LogP contribution in [0.4, 0.5) is 11.5 Å². The predicted octanol–water partition coefficient (Wildman–Crippen LogP) is 4.99. The van der Waals surface area contributed by atoms with Crippen LogP contribution in [0.5, 0.6) is 0 Å². The summed E-state index contributed by atoms with van der Waals surface area (Å²) in [6, 6.07) is 10.4. The Balaban J connectivity index is 1.47. The summed E-state index contributed by atoms with van der Waals surface area (Å²) >= 11 is 6.24. The Hall–Kier alpha value is -2.11. The molecule has 1 N–H and O–H groups in total. The van der Waals surface area contributed by atoms with E-state index in [-0.39, 0.29) is 5.91 Å². The Morgan fingerprint density at radius 1 is 1.20 bits per heavy atom. The van der Waals surface area contributed by atoms with Gasteiger partial charge in [0.15, 0.2) is 0 Å². The number of piperidine rings is 1. The Kier molecular flexibility index (Phi) is 6.30. The van der Waals surface area contributed by atoms with Gasteiger partial charge in [0.2, 0.25) is 0 Å². The molecule has 0 bridgehead atoms. The first-order valence-electron chi connectivity index (χ1n) is 10.9. The summed E-state index contributed by atoms with van der Waals surface area (Å²) in [5.74, 6) is 1.26. The average Bonchev–Trinajstić information content (AvgIpc) is 3.60. The molecule has 1 atom stereocenters. The number of nitrogens with one attached hydrogen (secondary N) is 1. The fourth-order valence-corrected chi connectivity index (χ4v) is 4.65. The molecule has 1 saturated heterocycles. The van der Waals surface area contributed by atoms with Crippen LogP contribution in [0.25, 0.3) is 0 Å². The van der Waals surface area contributed by atoms with Gasteiger partial charge in [0.05, 0.1) is 5.56 Å². The molecule has 1 amide bonds. The molecule has 1 aromatic carbocycles. The molecule has 0 radical (unpaired) electrons. The van der Waals surface area contributed by atoms with E-state index in [1.807, 2.05) is 31.2 Å². The molecular weight excluding hydrogens is 396 g/mol. The summed E-state index contributed by atoms with van der Waals surface area (Å²) in [6.45, 7) is 6.59. The van der Waals surface area contributed by atoms with Gasteiger partial charge >= 0.3 is 0 Å². The molecule has 0 spiro atoms. The van der Waals surface area contributed by atoms with Crippen molar-refractivity contribution in [3.8, 4) is 0 Å². The van der Waals surface area contributed by atoms with Crippen molar-refractivity contribution in [2.75, 3.05) is 30.4 Å². The molecule has 2 aromatic rings. The van der Waals surface area contributed by atoms with Gasteiger partial charge in [0.1, 0.15) is 5.82 Å². The molecule has 5 nitrogen and oxygen atoms in total. The number of amides is 1. The molecule has 2 aliphatic rings. The van der Waals surface area contributed by atoms with E-state index in [0.29, 0.717) is 28.5 Å². The van der Waals surface area contributed by atoms with Crippen LogP contribution in [0, 0.1) is 12.8 Å². The number of hydrogen-bond donors (Lipinski definition) is 1. The highest BCUT2D eigenvalue weighted by Gasteiger charge is 2.34. The van der Waals surface area contributed by atoms with Gasteiger partial charge in [-0.2, -0.15) is 0 Å². The van der Waals surface area contributed by atoms with Crippen LogP contribution >= 0.6 is 11.6 Å². The van der Waals surface area contributed by atoms with Crippen molar-refractivity contribution < 1.29 is 4.79 Å². The maximum Gasteiger partial charge on any atom is 0.258 e. The number of aryl methyl sites for hydroxylation is 1. The second-order valence-corrected chi connectivity index (χ2v) is 9.23. The van der Waals surface area contributed by atoms with Crippen LogP contribution < -0.4 is 10.2 Å². The van der Waals surface area contributed by atoms with Crippen molar-refractivity contribution in [1.29, 1.82) is 0 Å². The Bertz CT molecular complexity index is 889. The minimum atomic E-state index is -0.185. The Morgan fingerprint density at radius 3 is 2.57 bits per heavy atom. The molecular formula is C24H31ClN4O. The van der Waals surface area contributed by atoms with Crippen molar-refractivity contribution in [3.63, 3.8) is 0 Å². The standard InChI is InChI=1S/C24H31ClN4O/c1-16-4-9-23(26-15-16)27-24(30)21-14-19(25)7-8-22(21)28(3)20-10-12-29(13-11-20)17(2)18-5-6-18/h4,7-9,14-15,17-18,20H,5-6,10-13H2,1-3H3,(H,26,27,30). The maximum absolute atomic E-state index is 13.0. The van der Waals surface area contributed by atoms with E-state index < -0.39 is 0 Å². The van der Waals surface area contributed by atoms with Crippen LogP contribution in [0.3, 0.4) is 0 Å². The SMILES string of the molecule is Cc1ccc(NC(=O)c2cc(Cl)ccc2N(C)C2CCN(C(C)C3CC3)CC2)nc1. The summed E-state index contributed by atoms with van der Waals surface area (Å²) < 4.78 is 0. The molecule has 4 rings (SSSR count). The first-order chi connectivity index (χ1) is 14.4. The number of carbonyl (C=O) groups excluding carboxylic acids is 1. The van der Waals surface area contributed by atoms with E-state index in [1.165, 1.54) is 12.8 Å². The van der Waals surface area contributed by atoms with Gasteiger partial charge in [-0.3, -0.25) is 4.79 Å². The molecule has 1 aromatic heterocycles. The molecule has 30 heavy (non-hydrogen) atoms. The molecule has 1 unspecified atom stereocenters. The zero-order valence-electron chi connectivity index (χ0n) is 18.1. The zero-order chi connectivity index (χ0) is 21.3. The third kappa shape index (κ3) is 4.79. The fourth-order valence-electron chi connectivity index (χ4n) is 4.48. The molecule has 1 aliphatic carbocycles. The number of benzene rings is 1. The van der Waals surface area contributed by atoms with E-state index in [0.717, 1.165) is 43.1 Å². The minimum Gasteiger partial charge on any atom is -0.371 e. The van der Waals surface area contributed by atoms with Crippen LogP contribution in [0.1, 0.15) is 48.5 Å². The molecule has 2 fully saturated rings. The molecule has 2 heterocycles. The number of hydrogen-bond acceptors (Lipinski definition) is 4. The van der Waals surface area contributed by atoms with Gasteiger partial charge in [-0.15, -0.1) is 0 Å². The van der Waals surface area contributed by atoms with Crippen molar-refractivity contribution in [1.82, 2.24) is 9.88 Å². The number of carbonyl (C=O) groups is 1. The van der Waals surface area contributed by atoms with E-state index in [1.54, 1.807) is 12.3 Å². The van der Waals surface area contributed by atoms with Crippen molar-refractivity contribution in [3.05, 3.63) is 52.7 Å². The fraction of sp³-hybridized carbons (Fsp3) is 0.500. The second-order valence-electron chi connectivity index (χ2n) is 8.79. The van der Waals surface area contributed by atoms with E-state index in [9.17, 15) is 4.79 Å². The van der Waals surface area contributed by atoms with Crippen LogP contribution in [0.15, 0.2) is 36.5 Å². The summed E-state index contributed by atoms with van der Waals surface area (Å²) in [6.07, 6.45) is 6.74. The summed E-state index contributed by atoms with van der Waals surface area (Å²) in [4.78, 5) is 22.2. The molecule has 160 valence electrons. The predicted molar refractivity (Wildman–Crippen MR) is 124 cm³/mol. The minimum absolute atomic E-state index is 0.185. The largest absolute Gasteiger partial charge is 0.371 e. The maximum atomic E-state index is 13.0. The first-order valence-corrected chi connectivity index (χ1v) is 11.3. The molecule has 6 heteroatoms. The lowest BCUT2D eigenvalue weighted by atomic mass is 9.99. The lowest BCUT2D eigenvalue weighted by molar-refractivity contribution is 0.102. The Labute approximate surface area is 184 Å². The normalized spacial score (nSPS) is 18.8. The van der Waals surface area contributed by atoms with Gasteiger partial charge in [-0.1, -0.05) is 17.7 Å². The van der Waals surface area contributed by atoms with E-state index in [4.69, 9.17) is 11.6 Å². The average molecular weight is 427 g/mol. The lowest BCUT2D eigenvalue weighted by Crippen LogP contribution is -2.47. The van der Waals surface area contributed by atoms with Gasteiger partial charge in [0, 0.05) is 49.1 Å². The third-order valence-corrected chi connectivity index (χ3v) is 6.90. The van der Waals surface area contributed by atoms with Crippen LogP contribution in [-0.4, -0.2) is 48.0 Å². The van der Waals surface area contributed by atoms with Gasteiger partial charge in [-0.25, -0.2) is 4.98 Å². The zero-order valence-corrected chi connectivity index (χ0v) is 18.8. The van der Waals surface area contributed by atoms with E-state index >= 15 is 0 Å². The second kappa shape index (κ2) is 8.94. The molecule has 1 aliphatic heterocycles. The van der Waals surface area contributed by atoms with Crippen molar-refractivity contribution in [2.24, 2.45) is 5.92 Å². The summed E-state index contributed by atoms with van der Waals surface area (Å²) in [5, 5.41) is 3.47. The highest BCUT2D eigenvalue weighted by molar-refractivity contribution is 6.31. The number of halogens is 1. The smallest absolute Gasteiger partial charge is 0.258 e. The van der Waals surface area contributed by atoms with Gasteiger partial charge in [0.25, 0.3) is 5.91 Å². The quantitative estimate of drug-likeness (QED) is 0.706. The van der Waals surface area contributed by atoms with Crippen LogP contribution in [-0.2, 0) is 0 Å². The van der Waals surface area contributed by atoms with E-state index in [2.05, 4.69) is 34.1 Å². The van der Waals surface area contributed by atoms with Gasteiger partial charge in [-0.05, 0) is 75.3 Å². The van der Waals surface area contributed by atoms with Crippen LogP contribution in [0.2, 0.25) is 5.02 Å². The Morgan fingerprint density at radius 2 is 1.93 bits per heavy atom. The topological polar surface area (TPSA) is 48.5 Å². The number of nitrogens with zero attached hydrogens (tertiary/aromatic N) is 3.